The number of rotatable bonds is 7. The van der Waals surface area contributed by atoms with E-state index in [0.29, 0.717) is 13.0 Å². The van der Waals surface area contributed by atoms with Crippen LogP contribution in [0.2, 0.25) is 0 Å². The molecule has 3 N–H and O–H groups in total. The number of aliphatic hydroxyl groups excluding tert-OH is 1. The summed E-state index contributed by atoms with van der Waals surface area (Å²) in [5, 5.41) is 9.60. The van der Waals surface area contributed by atoms with Gasteiger partial charge in [-0.05, 0) is 6.42 Å². The molecular weight excluding hydrogens is 268 g/mol. The van der Waals surface area contributed by atoms with Crippen molar-refractivity contribution in [3.05, 3.63) is 29.8 Å². The molecule has 0 radical (unpaired) electrons. The Morgan fingerprint density at radius 3 is 2.25 bits per heavy atom. The SMILES string of the molecule is CC.COCCC(O)[C@@H](N)COc1cc(F)cc(F)c1. The van der Waals surface area contributed by atoms with Crippen LogP contribution in [0, 0.1) is 11.6 Å². The summed E-state index contributed by atoms with van der Waals surface area (Å²) in [5.41, 5.74) is 5.66. The second kappa shape index (κ2) is 10.5. The lowest BCUT2D eigenvalue weighted by Gasteiger charge is -2.19. The number of aliphatic hydroxyl groups is 1. The van der Waals surface area contributed by atoms with Gasteiger partial charge in [-0.3, -0.25) is 0 Å². The molecule has 0 spiro atoms. The first-order chi connectivity index (χ1) is 9.52. The summed E-state index contributed by atoms with van der Waals surface area (Å²) in [6.07, 6.45) is -0.415. The minimum Gasteiger partial charge on any atom is -0.492 e. The summed E-state index contributed by atoms with van der Waals surface area (Å²) in [6.45, 7) is 4.34. The van der Waals surface area contributed by atoms with Gasteiger partial charge in [0.1, 0.15) is 24.0 Å². The molecule has 0 saturated carbocycles. The van der Waals surface area contributed by atoms with Crippen molar-refractivity contribution in [2.75, 3.05) is 20.3 Å². The fraction of sp³-hybridized carbons (Fsp3) is 0.571. The predicted octanol–water partition coefficient (Wildman–Crippen LogP) is 2.09. The summed E-state index contributed by atoms with van der Waals surface area (Å²) in [6, 6.07) is 2.21. The second-order valence-electron chi connectivity index (χ2n) is 3.93. The smallest absolute Gasteiger partial charge is 0.129 e. The number of methoxy groups -OCH3 is 1. The molecule has 4 nitrogen and oxygen atoms in total. The van der Waals surface area contributed by atoms with Gasteiger partial charge in [-0.1, -0.05) is 13.8 Å². The molecule has 1 aromatic rings. The van der Waals surface area contributed by atoms with Crippen molar-refractivity contribution in [1.82, 2.24) is 0 Å². The van der Waals surface area contributed by atoms with E-state index in [2.05, 4.69) is 0 Å². The molecule has 20 heavy (non-hydrogen) atoms. The first kappa shape index (κ1) is 18.8. The maximum Gasteiger partial charge on any atom is 0.129 e. The van der Waals surface area contributed by atoms with Gasteiger partial charge in [0, 0.05) is 31.9 Å². The van der Waals surface area contributed by atoms with E-state index in [4.69, 9.17) is 15.2 Å². The average Bonchev–Trinajstić information content (AvgIpc) is 2.43. The lowest BCUT2D eigenvalue weighted by Crippen LogP contribution is -2.40. The molecule has 1 aromatic carbocycles. The fourth-order valence-corrected chi connectivity index (χ4v) is 1.37. The van der Waals surface area contributed by atoms with E-state index in [0.717, 1.165) is 18.2 Å². The van der Waals surface area contributed by atoms with Crippen molar-refractivity contribution in [3.8, 4) is 5.75 Å². The van der Waals surface area contributed by atoms with Gasteiger partial charge in [0.25, 0.3) is 0 Å². The summed E-state index contributed by atoms with van der Waals surface area (Å²) in [5.74, 6) is -1.40. The van der Waals surface area contributed by atoms with Gasteiger partial charge in [0.2, 0.25) is 0 Å². The Morgan fingerprint density at radius 2 is 1.75 bits per heavy atom. The monoisotopic (exact) mass is 291 g/mol. The molecule has 116 valence electrons. The van der Waals surface area contributed by atoms with Crippen LogP contribution in [0.4, 0.5) is 8.78 Å². The first-order valence-electron chi connectivity index (χ1n) is 6.54. The Labute approximate surface area is 118 Å². The summed E-state index contributed by atoms with van der Waals surface area (Å²) in [7, 11) is 1.52. The maximum atomic E-state index is 12.9. The Bertz CT molecular complexity index is 357. The van der Waals surface area contributed by atoms with Crippen LogP contribution in [0.3, 0.4) is 0 Å². The summed E-state index contributed by atoms with van der Waals surface area (Å²) in [4.78, 5) is 0. The van der Waals surface area contributed by atoms with Gasteiger partial charge in [-0.2, -0.15) is 0 Å². The molecular formula is C14H23F2NO3. The van der Waals surface area contributed by atoms with Crippen molar-refractivity contribution in [2.45, 2.75) is 32.4 Å². The second-order valence-corrected chi connectivity index (χ2v) is 3.93. The highest BCUT2D eigenvalue weighted by Crippen LogP contribution is 2.15. The third-order valence-corrected chi connectivity index (χ3v) is 2.39. The van der Waals surface area contributed by atoms with E-state index in [9.17, 15) is 13.9 Å². The maximum absolute atomic E-state index is 12.9. The van der Waals surface area contributed by atoms with E-state index >= 15 is 0 Å². The van der Waals surface area contributed by atoms with Gasteiger partial charge in [0.15, 0.2) is 0 Å². The highest BCUT2D eigenvalue weighted by Gasteiger charge is 2.15. The topological polar surface area (TPSA) is 64.7 Å². The van der Waals surface area contributed by atoms with Crippen molar-refractivity contribution in [3.63, 3.8) is 0 Å². The van der Waals surface area contributed by atoms with Crippen LogP contribution in [0.25, 0.3) is 0 Å². The molecule has 0 saturated heterocycles. The van der Waals surface area contributed by atoms with E-state index in [1.165, 1.54) is 7.11 Å². The number of hydrogen-bond donors (Lipinski definition) is 2. The highest BCUT2D eigenvalue weighted by molar-refractivity contribution is 5.23. The standard InChI is InChI=1S/C12H17F2NO3.C2H6/c1-17-3-2-12(16)11(15)7-18-10-5-8(13)4-9(14)6-10;1-2/h4-6,11-12,16H,2-3,7,15H2,1H3;1-2H3/t11-,12?;/m0./s1. The number of ether oxygens (including phenoxy) is 2. The molecule has 0 aliphatic heterocycles. The molecule has 0 aliphatic carbocycles. The molecule has 0 amide bonds. The van der Waals surface area contributed by atoms with Gasteiger partial charge in [-0.25, -0.2) is 8.78 Å². The van der Waals surface area contributed by atoms with E-state index < -0.39 is 23.8 Å². The minimum absolute atomic E-state index is 0.0340. The van der Waals surface area contributed by atoms with E-state index in [-0.39, 0.29) is 12.4 Å². The number of halogens is 2. The molecule has 1 unspecified atom stereocenters. The zero-order valence-corrected chi connectivity index (χ0v) is 12.1. The lowest BCUT2D eigenvalue weighted by atomic mass is 10.1. The Morgan fingerprint density at radius 1 is 1.20 bits per heavy atom. The summed E-state index contributed by atoms with van der Waals surface area (Å²) < 4.78 is 35.6. The minimum atomic E-state index is -0.789. The predicted molar refractivity (Wildman–Crippen MR) is 73.7 cm³/mol. The van der Waals surface area contributed by atoms with Crippen LogP contribution in [-0.4, -0.2) is 37.6 Å². The van der Waals surface area contributed by atoms with Gasteiger partial charge < -0.3 is 20.3 Å². The summed E-state index contributed by atoms with van der Waals surface area (Å²) >= 11 is 0. The number of hydrogen-bond acceptors (Lipinski definition) is 4. The Kier molecular flexibility index (Phi) is 9.88. The van der Waals surface area contributed by atoms with Gasteiger partial charge in [-0.15, -0.1) is 0 Å². The lowest BCUT2D eigenvalue weighted by molar-refractivity contribution is 0.0759. The molecule has 0 bridgehead atoms. The molecule has 1 rings (SSSR count). The largest absolute Gasteiger partial charge is 0.492 e. The quantitative estimate of drug-likeness (QED) is 0.807. The van der Waals surface area contributed by atoms with Crippen LogP contribution in [-0.2, 0) is 4.74 Å². The van der Waals surface area contributed by atoms with Crippen LogP contribution < -0.4 is 10.5 Å². The molecule has 0 fully saturated rings. The van der Waals surface area contributed by atoms with Crippen LogP contribution >= 0.6 is 0 Å². The third-order valence-electron chi connectivity index (χ3n) is 2.39. The van der Waals surface area contributed by atoms with Crippen molar-refractivity contribution in [2.24, 2.45) is 5.73 Å². The molecule has 6 heteroatoms. The zero-order chi connectivity index (χ0) is 15.5. The normalized spacial score (nSPS) is 13.2. The fourth-order valence-electron chi connectivity index (χ4n) is 1.37. The van der Waals surface area contributed by atoms with Crippen molar-refractivity contribution < 1.29 is 23.4 Å². The first-order valence-corrected chi connectivity index (χ1v) is 6.54. The number of nitrogens with two attached hydrogens (primary N) is 1. The van der Waals surface area contributed by atoms with Gasteiger partial charge >= 0.3 is 0 Å². The molecule has 2 atom stereocenters. The molecule has 0 aromatic heterocycles. The van der Waals surface area contributed by atoms with Crippen LogP contribution in [0.15, 0.2) is 18.2 Å². The van der Waals surface area contributed by atoms with Crippen LogP contribution in [0.5, 0.6) is 5.75 Å². The Hall–Kier alpha value is -1.24. The zero-order valence-electron chi connectivity index (χ0n) is 12.1. The van der Waals surface area contributed by atoms with Crippen molar-refractivity contribution in [1.29, 1.82) is 0 Å². The van der Waals surface area contributed by atoms with E-state index in [1.807, 2.05) is 13.8 Å². The average molecular weight is 291 g/mol. The highest BCUT2D eigenvalue weighted by atomic mass is 19.1. The third kappa shape index (κ3) is 7.37. The van der Waals surface area contributed by atoms with Gasteiger partial charge in [0.05, 0.1) is 12.1 Å². The molecule has 0 aliphatic rings. The number of benzene rings is 1. The molecule has 0 heterocycles. The van der Waals surface area contributed by atoms with Crippen molar-refractivity contribution >= 4 is 0 Å². The van der Waals surface area contributed by atoms with Crippen LogP contribution in [0.1, 0.15) is 20.3 Å². The Balaban J connectivity index is 0.00000172. The van der Waals surface area contributed by atoms with E-state index in [1.54, 1.807) is 0 Å².